The first kappa shape index (κ1) is 18.8. The maximum absolute atomic E-state index is 9.10. The molecule has 0 aliphatic carbocycles. The van der Waals surface area contributed by atoms with Crippen molar-refractivity contribution in [1.29, 1.82) is 0 Å². The molecule has 0 rings (SSSR count). The number of carbonyl (C=O) groups is 2. The Kier molecular flexibility index (Phi) is 13.7. The number of carboxylic acids is 2. The van der Waals surface area contributed by atoms with Crippen molar-refractivity contribution >= 4 is 63.3 Å². The van der Waals surface area contributed by atoms with Crippen molar-refractivity contribution in [3.63, 3.8) is 0 Å². The molecule has 0 aromatic heterocycles. The van der Waals surface area contributed by atoms with Crippen molar-refractivity contribution in [3.05, 3.63) is 0 Å². The minimum absolute atomic E-state index is 0. The molecule has 68 valence electrons. The summed E-state index contributed by atoms with van der Waals surface area (Å²) in [5, 5.41) is 14.8. The number of carboxylic acid groups (broad SMARTS) is 2. The Labute approximate surface area is 114 Å². The quantitative estimate of drug-likeness (QED) is 0.188. The molecule has 0 bridgehead atoms. The van der Waals surface area contributed by atoms with Crippen molar-refractivity contribution in [1.82, 2.24) is 0 Å². The van der Waals surface area contributed by atoms with Crippen LogP contribution in [0.3, 0.4) is 0 Å². The Bertz CT molecular complexity index is 132. The van der Waals surface area contributed by atoms with Gasteiger partial charge in [0.1, 0.15) is 0 Å². The second-order valence-electron chi connectivity index (χ2n) is 1.21. The van der Waals surface area contributed by atoms with E-state index in [2.05, 4.69) is 0 Å². The molecule has 10 heteroatoms. The molecule has 0 heterocycles. The van der Waals surface area contributed by atoms with E-state index >= 15 is 0 Å². The van der Waals surface area contributed by atoms with Crippen LogP contribution >= 0.6 is 0 Å². The van der Waals surface area contributed by atoms with Crippen LogP contribution in [0.25, 0.3) is 0 Å². The molecule has 0 radical (unpaired) electrons. The third kappa shape index (κ3) is 43.4. The van der Waals surface area contributed by atoms with Gasteiger partial charge in [0, 0.05) is 0 Å². The molecular weight excluding hydrogens is 239 g/mol. The van der Waals surface area contributed by atoms with Gasteiger partial charge in [-0.2, -0.15) is 0 Å². The molecule has 6 N–H and O–H groups in total. The average molecular weight is 246 g/mol. The van der Waals surface area contributed by atoms with Crippen molar-refractivity contribution in [3.8, 4) is 0 Å². The molecule has 0 saturated heterocycles. The fourth-order valence-electron chi connectivity index (χ4n) is 0. The summed E-state index contributed by atoms with van der Waals surface area (Å²) in [7, 11) is 0. The third-order valence-corrected chi connectivity index (χ3v) is 0.183. The molecule has 8 nitrogen and oxygen atoms in total. The Morgan fingerprint density at radius 2 is 0.917 bits per heavy atom. The summed E-state index contributed by atoms with van der Waals surface area (Å²) in [4.78, 5) is 18.2. The van der Waals surface area contributed by atoms with Gasteiger partial charge in [-0.3, -0.25) is 0 Å². The Morgan fingerprint density at radius 3 is 0.917 bits per heavy atom. The van der Waals surface area contributed by atoms with E-state index in [1.807, 2.05) is 0 Å². The van der Waals surface area contributed by atoms with Crippen molar-refractivity contribution < 1.29 is 52.7 Å². The molecule has 0 spiro atoms. The van der Waals surface area contributed by atoms with Crippen LogP contribution in [-0.4, -0.2) is 88.3 Å². The minimum atomic E-state index is -5.00. The van der Waals surface area contributed by atoms with Crippen LogP contribution in [0.5, 0.6) is 0 Å². The summed E-state index contributed by atoms with van der Waals surface area (Å²) in [5.74, 6) is -3.65. The molecule has 0 aliphatic heterocycles. The summed E-state index contributed by atoms with van der Waals surface area (Å²) in [6, 6.07) is 0. The van der Waals surface area contributed by atoms with Gasteiger partial charge >= 0.3 is 96.2 Å². The van der Waals surface area contributed by atoms with E-state index in [4.69, 9.17) is 34.6 Å². The predicted octanol–water partition coefficient (Wildman–Crippen LogP) is -3.72. The zero-order valence-electron chi connectivity index (χ0n) is 5.00. The van der Waals surface area contributed by atoms with E-state index in [0.717, 1.165) is 0 Å². The van der Waals surface area contributed by atoms with Crippen molar-refractivity contribution in [2.45, 2.75) is 0 Å². The van der Waals surface area contributed by atoms with E-state index < -0.39 is 30.1 Å². The zero-order valence-corrected chi connectivity index (χ0v) is 6.56. The second-order valence-corrected chi connectivity index (χ2v) is 3.08. The van der Waals surface area contributed by atoms with Crippen molar-refractivity contribution in [2.75, 3.05) is 0 Å². The number of aliphatic carboxylic acids is 2. The second kappa shape index (κ2) is 8.72. The van der Waals surface area contributed by atoms with Crippen LogP contribution in [0.15, 0.2) is 0 Å². The van der Waals surface area contributed by atoms with Crippen LogP contribution in [0.1, 0.15) is 0 Å². The van der Waals surface area contributed by atoms with Gasteiger partial charge in [0.2, 0.25) is 0 Å². The molecule has 0 saturated carbocycles. The summed E-state index contributed by atoms with van der Waals surface area (Å²) in [5.41, 5.74) is 0. The molecule has 12 heavy (non-hydrogen) atoms. The van der Waals surface area contributed by atoms with E-state index in [1.165, 1.54) is 0 Å². The van der Waals surface area contributed by atoms with Crippen LogP contribution in [-0.2, 0) is 27.7 Å². The molecule has 0 aliphatic rings. The van der Waals surface area contributed by atoms with Gasteiger partial charge in [0.05, 0.1) is 0 Å². The van der Waals surface area contributed by atoms with Crippen LogP contribution in [0.4, 0.5) is 0 Å². The van der Waals surface area contributed by atoms with E-state index in [9.17, 15) is 0 Å². The molecule has 0 atom stereocenters. The predicted molar refractivity (Wildman–Crippen MR) is 31.3 cm³/mol. The molecule has 0 fully saturated rings. The van der Waals surface area contributed by atoms with Gasteiger partial charge in [0.15, 0.2) is 0 Å². The van der Waals surface area contributed by atoms with E-state index in [1.54, 1.807) is 0 Å². The third-order valence-electron chi connectivity index (χ3n) is 0.183. The Balaban J connectivity index is -0.000000126. The average Bonchev–Trinajstić information content (AvgIpc) is 1.59. The number of hydrogen-bond acceptors (Lipinski definition) is 6. The SMILES string of the molecule is O=C(O)C(=O)O.[KH].[OH][Ti]([OH])([OH])[OH]. The Hall–Kier alpha value is 1.13. The Morgan fingerprint density at radius 1 is 0.833 bits per heavy atom. The fraction of sp³-hybridized carbons (Fsp3) is 0. The fourth-order valence-corrected chi connectivity index (χ4v) is 0. The van der Waals surface area contributed by atoms with Gasteiger partial charge in [-0.25, -0.2) is 9.59 Å². The van der Waals surface area contributed by atoms with E-state index in [-0.39, 0.29) is 51.4 Å². The first-order chi connectivity index (χ1) is 4.64. The van der Waals surface area contributed by atoms with Crippen LogP contribution in [0, 0.1) is 0 Å². The summed E-state index contributed by atoms with van der Waals surface area (Å²) in [6.07, 6.45) is 0. The summed E-state index contributed by atoms with van der Waals surface area (Å²) in [6.45, 7) is 0. The topological polar surface area (TPSA) is 156 Å². The summed E-state index contributed by atoms with van der Waals surface area (Å²) >= 11 is -5.00. The molecule has 0 amide bonds. The van der Waals surface area contributed by atoms with Gasteiger partial charge in [-0.15, -0.1) is 0 Å². The molecule has 0 aromatic rings. The van der Waals surface area contributed by atoms with Gasteiger partial charge < -0.3 is 10.2 Å². The van der Waals surface area contributed by atoms with Gasteiger partial charge in [-0.1, -0.05) is 0 Å². The molecular formula is C2H7KO8Ti. The first-order valence-corrected chi connectivity index (χ1v) is 4.79. The van der Waals surface area contributed by atoms with Crippen molar-refractivity contribution in [2.24, 2.45) is 0 Å². The van der Waals surface area contributed by atoms with E-state index in [0.29, 0.717) is 0 Å². The monoisotopic (exact) mass is 246 g/mol. The molecule has 0 aromatic carbocycles. The number of hydrogen-bond donors (Lipinski definition) is 6. The first-order valence-electron chi connectivity index (χ1n) is 2.00. The maximum atomic E-state index is 9.10. The summed E-state index contributed by atoms with van der Waals surface area (Å²) < 4.78 is 29.5. The zero-order chi connectivity index (χ0) is 9.65. The standard InChI is InChI=1S/C2H2O4.K.4H2O.Ti.H/c3-1(4)2(5)6;;;;;;;/h(H,3,4)(H,5,6);;4*1H2;;/q;;;;;;+4;/p-4. The van der Waals surface area contributed by atoms with Crippen LogP contribution < -0.4 is 0 Å². The number of rotatable bonds is 0. The normalized spacial score (nSPS) is 8.67. The molecule has 0 unspecified atom stereocenters. The van der Waals surface area contributed by atoms with Gasteiger partial charge in [0.25, 0.3) is 0 Å². The van der Waals surface area contributed by atoms with Crippen LogP contribution in [0.2, 0.25) is 0 Å². The van der Waals surface area contributed by atoms with Gasteiger partial charge in [-0.05, 0) is 0 Å².